The standard InChI is InChI=1S/C10H5BrF3NO/c11-8-3-1-6(2-4-9(15)16)5-7(8)10(12,13)14/h1,3,5H,(H2,15,16). The third-order valence-electron chi connectivity index (χ3n) is 1.60. The molecule has 1 aromatic rings. The number of carbonyl (C=O) groups is 1. The topological polar surface area (TPSA) is 43.1 Å². The fraction of sp³-hybridized carbons (Fsp3) is 0.100. The van der Waals surface area contributed by atoms with Crippen LogP contribution in [0.3, 0.4) is 0 Å². The van der Waals surface area contributed by atoms with Crippen LogP contribution in [0.4, 0.5) is 13.2 Å². The van der Waals surface area contributed by atoms with Crippen molar-refractivity contribution in [2.45, 2.75) is 6.18 Å². The minimum Gasteiger partial charge on any atom is -0.359 e. The molecule has 84 valence electrons. The Labute approximate surface area is 97.8 Å². The quantitative estimate of drug-likeness (QED) is 0.733. The van der Waals surface area contributed by atoms with Gasteiger partial charge >= 0.3 is 6.18 Å². The number of primary amides is 1. The van der Waals surface area contributed by atoms with E-state index in [1.54, 1.807) is 0 Å². The molecule has 0 atom stereocenters. The first-order valence-electron chi connectivity index (χ1n) is 3.99. The number of halogens is 4. The Morgan fingerprint density at radius 2 is 2.00 bits per heavy atom. The Morgan fingerprint density at radius 3 is 2.50 bits per heavy atom. The van der Waals surface area contributed by atoms with Crippen LogP contribution in [0.5, 0.6) is 0 Å². The second-order valence-electron chi connectivity index (χ2n) is 2.81. The summed E-state index contributed by atoms with van der Waals surface area (Å²) in [6, 6.07) is 3.42. The van der Waals surface area contributed by atoms with Gasteiger partial charge in [0.15, 0.2) is 0 Å². The van der Waals surface area contributed by atoms with Gasteiger partial charge in [0.1, 0.15) is 0 Å². The fourth-order valence-corrected chi connectivity index (χ4v) is 1.43. The lowest BCUT2D eigenvalue weighted by molar-refractivity contribution is -0.138. The minimum atomic E-state index is -4.47. The average Bonchev–Trinajstić information content (AvgIpc) is 2.14. The molecule has 1 amide bonds. The summed E-state index contributed by atoms with van der Waals surface area (Å²) in [5.41, 5.74) is 3.98. The highest BCUT2D eigenvalue weighted by atomic mass is 79.9. The lowest BCUT2D eigenvalue weighted by Crippen LogP contribution is -2.07. The maximum absolute atomic E-state index is 12.5. The Kier molecular flexibility index (Phi) is 3.60. The first kappa shape index (κ1) is 12.6. The van der Waals surface area contributed by atoms with Gasteiger partial charge < -0.3 is 5.73 Å². The van der Waals surface area contributed by atoms with Gasteiger partial charge in [-0.15, -0.1) is 0 Å². The number of hydrogen-bond donors (Lipinski definition) is 1. The van der Waals surface area contributed by atoms with Crippen molar-refractivity contribution >= 4 is 21.8 Å². The van der Waals surface area contributed by atoms with Gasteiger partial charge in [0.25, 0.3) is 5.91 Å². The summed E-state index contributed by atoms with van der Waals surface area (Å²) >= 11 is 2.79. The summed E-state index contributed by atoms with van der Waals surface area (Å²) in [4.78, 5) is 10.3. The van der Waals surface area contributed by atoms with Crippen LogP contribution in [-0.4, -0.2) is 5.91 Å². The van der Waals surface area contributed by atoms with Gasteiger partial charge in [-0.25, -0.2) is 0 Å². The molecule has 0 aliphatic rings. The molecule has 0 spiro atoms. The second kappa shape index (κ2) is 4.58. The highest BCUT2D eigenvalue weighted by Gasteiger charge is 2.32. The zero-order valence-corrected chi connectivity index (χ0v) is 9.32. The number of nitrogens with two attached hydrogens (primary N) is 1. The summed E-state index contributed by atoms with van der Waals surface area (Å²) in [5, 5.41) is 0. The molecule has 0 aliphatic heterocycles. The van der Waals surface area contributed by atoms with Gasteiger partial charge in [-0.2, -0.15) is 13.2 Å². The molecule has 0 fully saturated rings. The van der Waals surface area contributed by atoms with Crippen LogP contribution in [0.15, 0.2) is 22.7 Å². The molecule has 2 N–H and O–H groups in total. The van der Waals surface area contributed by atoms with Crippen LogP contribution in [0.2, 0.25) is 0 Å². The monoisotopic (exact) mass is 291 g/mol. The average molecular weight is 292 g/mol. The van der Waals surface area contributed by atoms with Crippen LogP contribution in [0.25, 0.3) is 0 Å². The first-order valence-corrected chi connectivity index (χ1v) is 4.78. The van der Waals surface area contributed by atoms with Crippen molar-refractivity contribution in [3.05, 3.63) is 33.8 Å². The molecule has 0 bridgehead atoms. The predicted molar refractivity (Wildman–Crippen MR) is 55.2 cm³/mol. The van der Waals surface area contributed by atoms with Gasteiger partial charge in [-0.05, 0) is 24.1 Å². The van der Waals surface area contributed by atoms with Crippen molar-refractivity contribution in [2.24, 2.45) is 5.73 Å². The zero-order chi connectivity index (χ0) is 12.3. The zero-order valence-electron chi connectivity index (χ0n) is 7.73. The van der Waals surface area contributed by atoms with Gasteiger partial charge in [-0.1, -0.05) is 21.9 Å². The molecule has 0 saturated heterocycles. The molecule has 6 heteroatoms. The summed E-state index contributed by atoms with van der Waals surface area (Å²) in [7, 11) is 0. The Bertz CT molecular complexity index is 485. The minimum absolute atomic E-state index is 0.0781. The van der Waals surface area contributed by atoms with E-state index >= 15 is 0 Å². The Balaban J connectivity index is 3.20. The SMILES string of the molecule is NC(=O)C#Cc1ccc(Br)c(C(F)(F)F)c1. The summed E-state index contributed by atoms with van der Waals surface area (Å²) in [6.07, 6.45) is -4.47. The van der Waals surface area contributed by atoms with Crippen LogP contribution < -0.4 is 5.73 Å². The summed E-state index contributed by atoms with van der Waals surface area (Å²) < 4.78 is 37.3. The molecule has 0 aliphatic carbocycles. The van der Waals surface area contributed by atoms with Crippen LogP contribution in [0.1, 0.15) is 11.1 Å². The number of benzene rings is 1. The van der Waals surface area contributed by atoms with E-state index in [-0.39, 0.29) is 10.0 Å². The van der Waals surface area contributed by atoms with Crippen molar-refractivity contribution < 1.29 is 18.0 Å². The van der Waals surface area contributed by atoms with E-state index < -0.39 is 17.6 Å². The van der Waals surface area contributed by atoms with E-state index in [1.165, 1.54) is 12.1 Å². The van der Waals surface area contributed by atoms with Crippen LogP contribution >= 0.6 is 15.9 Å². The molecule has 0 unspecified atom stereocenters. The first-order chi connectivity index (χ1) is 7.30. The number of rotatable bonds is 0. The fourth-order valence-electron chi connectivity index (χ4n) is 0.954. The van der Waals surface area contributed by atoms with Crippen molar-refractivity contribution in [3.63, 3.8) is 0 Å². The molecule has 1 aromatic carbocycles. The van der Waals surface area contributed by atoms with Crippen LogP contribution in [0, 0.1) is 11.8 Å². The molecule has 0 saturated carbocycles. The van der Waals surface area contributed by atoms with Crippen molar-refractivity contribution in [2.75, 3.05) is 0 Å². The molecule has 1 rings (SSSR count). The molecular weight excluding hydrogens is 287 g/mol. The molecule has 0 heterocycles. The molecular formula is C10H5BrF3NO. The highest BCUT2D eigenvalue weighted by Crippen LogP contribution is 2.35. The van der Waals surface area contributed by atoms with Crippen molar-refractivity contribution in [1.82, 2.24) is 0 Å². The van der Waals surface area contributed by atoms with Gasteiger partial charge in [-0.3, -0.25) is 4.79 Å². The predicted octanol–water partition coefficient (Wildman–Crippen LogP) is 2.30. The second-order valence-corrected chi connectivity index (χ2v) is 3.66. The maximum atomic E-state index is 12.5. The molecule has 0 aromatic heterocycles. The lowest BCUT2D eigenvalue weighted by Gasteiger charge is -2.08. The molecule has 16 heavy (non-hydrogen) atoms. The van der Waals surface area contributed by atoms with E-state index in [9.17, 15) is 18.0 Å². The Hall–Kier alpha value is -1.48. The number of carbonyl (C=O) groups excluding carboxylic acids is 1. The van der Waals surface area contributed by atoms with Gasteiger partial charge in [0, 0.05) is 10.0 Å². The van der Waals surface area contributed by atoms with Crippen LogP contribution in [-0.2, 0) is 11.0 Å². The highest BCUT2D eigenvalue weighted by molar-refractivity contribution is 9.10. The van der Waals surface area contributed by atoms with E-state index in [0.717, 1.165) is 6.07 Å². The van der Waals surface area contributed by atoms with Gasteiger partial charge in [0.05, 0.1) is 5.56 Å². The largest absolute Gasteiger partial charge is 0.417 e. The summed E-state index contributed by atoms with van der Waals surface area (Å²) in [5.74, 6) is 3.31. The van der Waals surface area contributed by atoms with Crippen molar-refractivity contribution in [1.29, 1.82) is 0 Å². The normalized spacial score (nSPS) is 10.5. The molecule has 0 radical (unpaired) electrons. The lowest BCUT2D eigenvalue weighted by atomic mass is 10.1. The van der Waals surface area contributed by atoms with Gasteiger partial charge in [0.2, 0.25) is 0 Å². The smallest absolute Gasteiger partial charge is 0.359 e. The number of hydrogen-bond acceptors (Lipinski definition) is 1. The molecule has 2 nitrogen and oxygen atoms in total. The van der Waals surface area contributed by atoms with E-state index in [2.05, 4.69) is 21.9 Å². The van der Waals surface area contributed by atoms with E-state index in [4.69, 9.17) is 5.73 Å². The Morgan fingerprint density at radius 1 is 1.38 bits per heavy atom. The summed E-state index contributed by atoms with van der Waals surface area (Å²) in [6.45, 7) is 0. The number of alkyl halides is 3. The third-order valence-corrected chi connectivity index (χ3v) is 2.29. The van der Waals surface area contributed by atoms with Crippen molar-refractivity contribution in [3.8, 4) is 11.8 Å². The van der Waals surface area contributed by atoms with E-state index in [0.29, 0.717) is 0 Å². The number of amides is 1. The maximum Gasteiger partial charge on any atom is 0.417 e. The third kappa shape index (κ3) is 3.28. The van der Waals surface area contributed by atoms with E-state index in [1.807, 2.05) is 5.92 Å².